The number of methoxy groups -OCH3 is 1. The van der Waals surface area contributed by atoms with Gasteiger partial charge in [-0.25, -0.2) is 4.79 Å². The zero-order chi connectivity index (χ0) is 7.28. The van der Waals surface area contributed by atoms with Crippen molar-refractivity contribution < 1.29 is 9.53 Å². The maximum Gasteiger partial charge on any atom is 0.410 e. The van der Waals surface area contributed by atoms with E-state index in [1.54, 1.807) is 14.1 Å². The molecule has 9 heavy (non-hydrogen) atoms. The monoisotopic (exact) mass is 132 g/mol. The number of carbonyl (C=O) groups excluding carboxylic acids is 1. The maximum absolute atomic E-state index is 10.6. The Morgan fingerprint density at radius 2 is 2.33 bits per heavy atom. The number of hydrogen-bond donors (Lipinski definition) is 1. The van der Waals surface area contributed by atoms with Crippen LogP contribution >= 0.6 is 0 Å². The summed E-state index contributed by atoms with van der Waals surface area (Å²) in [5.41, 5.74) is 0. The molecule has 0 unspecified atom stereocenters. The van der Waals surface area contributed by atoms with Crippen molar-refractivity contribution in [1.82, 2.24) is 10.2 Å². The molecule has 1 amide bonds. The van der Waals surface area contributed by atoms with Crippen molar-refractivity contribution in [2.75, 3.05) is 27.9 Å². The van der Waals surface area contributed by atoms with Crippen LogP contribution in [0.2, 0.25) is 0 Å². The van der Waals surface area contributed by atoms with Crippen LogP contribution in [0.1, 0.15) is 0 Å². The quantitative estimate of drug-likeness (QED) is 0.532. The summed E-state index contributed by atoms with van der Waals surface area (Å²) in [5, 5.41) is 2.81. The molecule has 0 rings (SSSR count). The highest BCUT2D eigenvalue weighted by Gasteiger charge is 2.03. The fourth-order valence-corrected chi connectivity index (χ4v) is 0.458. The summed E-state index contributed by atoms with van der Waals surface area (Å²) in [7, 11) is 4.77. The predicted octanol–water partition coefficient (Wildman–Crippen LogP) is -0.139. The Balaban J connectivity index is 3.45. The SMILES string of the molecule is CNCN(C)C(=O)OC. The lowest BCUT2D eigenvalue weighted by molar-refractivity contribution is 0.131. The first-order valence-corrected chi connectivity index (χ1v) is 2.66. The van der Waals surface area contributed by atoms with Crippen LogP contribution in [0.15, 0.2) is 0 Å². The van der Waals surface area contributed by atoms with Crippen molar-refractivity contribution in [2.24, 2.45) is 0 Å². The van der Waals surface area contributed by atoms with E-state index >= 15 is 0 Å². The van der Waals surface area contributed by atoms with Crippen molar-refractivity contribution in [3.8, 4) is 0 Å². The van der Waals surface area contributed by atoms with E-state index in [1.165, 1.54) is 12.0 Å². The van der Waals surface area contributed by atoms with Gasteiger partial charge in [-0.15, -0.1) is 0 Å². The van der Waals surface area contributed by atoms with E-state index in [1.807, 2.05) is 0 Å². The number of amides is 1. The molecule has 4 heteroatoms. The minimum absolute atomic E-state index is 0.329. The fourth-order valence-electron chi connectivity index (χ4n) is 0.458. The van der Waals surface area contributed by atoms with Crippen molar-refractivity contribution in [3.63, 3.8) is 0 Å². The highest BCUT2D eigenvalue weighted by Crippen LogP contribution is 1.82. The van der Waals surface area contributed by atoms with Crippen LogP contribution in [0.25, 0.3) is 0 Å². The highest BCUT2D eigenvalue weighted by molar-refractivity contribution is 5.66. The first-order chi connectivity index (χ1) is 4.22. The second-order valence-corrected chi connectivity index (χ2v) is 1.68. The van der Waals surface area contributed by atoms with Gasteiger partial charge in [0.1, 0.15) is 0 Å². The molecular weight excluding hydrogens is 120 g/mol. The average molecular weight is 132 g/mol. The number of hydrogen-bond acceptors (Lipinski definition) is 3. The van der Waals surface area contributed by atoms with E-state index in [-0.39, 0.29) is 6.09 Å². The summed E-state index contributed by atoms with van der Waals surface area (Å²) in [6, 6.07) is 0. The van der Waals surface area contributed by atoms with Gasteiger partial charge in [-0.3, -0.25) is 4.90 Å². The molecule has 0 heterocycles. The van der Waals surface area contributed by atoms with Crippen LogP contribution in [0, 0.1) is 0 Å². The molecule has 0 fully saturated rings. The predicted molar refractivity (Wildman–Crippen MR) is 34.1 cm³/mol. The number of nitrogens with one attached hydrogen (secondary N) is 1. The number of nitrogens with zero attached hydrogens (tertiary/aromatic N) is 1. The normalized spacial score (nSPS) is 8.78. The highest BCUT2D eigenvalue weighted by atomic mass is 16.5. The molecule has 0 spiro atoms. The Morgan fingerprint density at radius 3 is 2.67 bits per heavy atom. The smallest absolute Gasteiger partial charge is 0.410 e. The molecule has 0 aliphatic carbocycles. The van der Waals surface area contributed by atoms with E-state index in [0.717, 1.165) is 0 Å². The molecular formula is C5H12N2O2. The summed E-state index contributed by atoms with van der Waals surface area (Å²) in [4.78, 5) is 12.0. The topological polar surface area (TPSA) is 41.6 Å². The molecule has 0 aliphatic rings. The van der Waals surface area contributed by atoms with Crippen LogP contribution in [-0.4, -0.2) is 38.9 Å². The number of carbonyl (C=O) groups is 1. The van der Waals surface area contributed by atoms with E-state index in [2.05, 4.69) is 10.1 Å². The van der Waals surface area contributed by atoms with Gasteiger partial charge in [-0.05, 0) is 7.05 Å². The zero-order valence-electron chi connectivity index (χ0n) is 5.97. The van der Waals surface area contributed by atoms with E-state index in [4.69, 9.17) is 0 Å². The van der Waals surface area contributed by atoms with E-state index < -0.39 is 0 Å². The summed E-state index contributed by atoms with van der Waals surface area (Å²) < 4.78 is 4.41. The van der Waals surface area contributed by atoms with Gasteiger partial charge in [-0.2, -0.15) is 0 Å². The number of rotatable bonds is 2. The standard InChI is InChI=1S/C5H12N2O2/c1-6-4-7(2)5(8)9-3/h6H,4H2,1-3H3. The molecule has 0 bridgehead atoms. The molecule has 1 N–H and O–H groups in total. The fraction of sp³-hybridized carbons (Fsp3) is 0.800. The van der Waals surface area contributed by atoms with Crippen LogP contribution in [-0.2, 0) is 4.74 Å². The van der Waals surface area contributed by atoms with Gasteiger partial charge in [0.05, 0.1) is 13.8 Å². The van der Waals surface area contributed by atoms with Crippen LogP contribution in [0.4, 0.5) is 4.79 Å². The third-order valence-corrected chi connectivity index (χ3v) is 0.882. The Morgan fingerprint density at radius 1 is 1.78 bits per heavy atom. The first-order valence-electron chi connectivity index (χ1n) is 2.66. The van der Waals surface area contributed by atoms with Gasteiger partial charge in [0.2, 0.25) is 0 Å². The zero-order valence-corrected chi connectivity index (χ0v) is 5.97. The minimum Gasteiger partial charge on any atom is -0.453 e. The van der Waals surface area contributed by atoms with Gasteiger partial charge in [0.25, 0.3) is 0 Å². The number of ether oxygens (including phenoxy) is 1. The van der Waals surface area contributed by atoms with Crippen molar-refractivity contribution in [2.45, 2.75) is 0 Å². The van der Waals surface area contributed by atoms with Crippen molar-refractivity contribution >= 4 is 6.09 Å². The largest absolute Gasteiger partial charge is 0.453 e. The Labute approximate surface area is 54.8 Å². The lowest BCUT2D eigenvalue weighted by Crippen LogP contribution is -2.33. The lowest BCUT2D eigenvalue weighted by atomic mass is 10.8. The van der Waals surface area contributed by atoms with Gasteiger partial charge in [0, 0.05) is 7.05 Å². The van der Waals surface area contributed by atoms with Gasteiger partial charge in [-0.1, -0.05) is 0 Å². The summed E-state index contributed by atoms with van der Waals surface area (Å²) in [6.45, 7) is 0.507. The molecule has 0 saturated heterocycles. The van der Waals surface area contributed by atoms with Gasteiger partial charge in [0.15, 0.2) is 0 Å². The minimum atomic E-state index is -0.329. The summed E-state index contributed by atoms with van der Waals surface area (Å²) >= 11 is 0. The molecule has 54 valence electrons. The molecule has 0 saturated carbocycles. The molecule has 0 aliphatic heterocycles. The summed E-state index contributed by atoms with van der Waals surface area (Å²) in [5.74, 6) is 0. The Hall–Kier alpha value is -0.770. The van der Waals surface area contributed by atoms with Crippen molar-refractivity contribution in [1.29, 1.82) is 0 Å². The van der Waals surface area contributed by atoms with Crippen LogP contribution in [0.5, 0.6) is 0 Å². The van der Waals surface area contributed by atoms with Crippen molar-refractivity contribution in [3.05, 3.63) is 0 Å². The van der Waals surface area contributed by atoms with E-state index in [9.17, 15) is 4.79 Å². The van der Waals surface area contributed by atoms with Crippen LogP contribution in [0.3, 0.4) is 0 Å². The summed E-state index contributed by atoms with van der Waals surface area (Å²) in [6.07, 6.45) is -0.329. The van der Waals surface area contributed by atoms with E-state index in [0.29, 0.717) is 6.67 Å². The van der Waals surface area contributed by atoms with Gasteiger partial charge >= 0.3 is 6.09 Å². The second kappa shape index (κ2) is 4.14. The van der Waals surface area contributed by atoms with Crippen LogP contribution < -0.4 is 5.32 Å². The first kappa shape index (κ1) is 8.23. The second-order valence-electron chi connectivity index (χ2n) is 1.68. The molecule has 0 aromatic rings. The average Bonchev–Trinajstić information content (AvgIpc) is 1.87. The molecule has 0 aromatic heterocycles. The Bertz CT molecular complexity index is 95.0. The molecule has 4 nitrogen and oxygen atoms in total. The lowest BCUT2D eigenvalue weighted by Gasteiger charge is -2.13. The molecule has 0 radical (unpaired) electrons. The third-order valence-electron chi connectivity index (χ3n) is 0.882. The Kier molecular flexibility index (Phi) is 3.79. The third kappa shape index (κ3) is 2.92. The molecule has 0 aromatic carbocycles. The maximum atomic E-state index is 10.6. The van der Waals surface area contributed by atoms with Gasteiger partial charge < -0.3 is 10.1 Å². The molecule has 0 atom stereocenters.